The average molecular weight is 296 g/mol. The van der Waals surface area contributed by atoms with Crippen LogP contribution in [0.3, 0.4) is 0 Å². The SMILES string of the molecule is CCC(CC(N)=NO)NS(=O)(=O)NC(=O)OC(C)C. The Kier molecular flexibility index (Phi) is 7.16. The molecule has 112 valence electrons. The predicted octanol–water partition coefficient (Wildman–Crippen LogP) is -0.129. The molecule has 0 spiro atoms. The summed E-state index contributed by atoms with van der Waals surface area (Å²) in [5.74, 6) is -0.112. The number of rotatable bonds is 7. The third-order valence-electron chi connectivity index (χ3n) is 1.96. The Hall–Kier alpha value is -1.55. The molecule has 1 amide bonds. The highest BCUT2D eigenvalue weighted by Crippen LogP contribution is 2.00. The second-order valence-corrected chi connectivity index (χ2v) is 5.52. The van der Waals surface area contributed by atoms with E-state index in [1.165, 1.54) is 0 Å². The molecule has 0 heterocycles. The highest BCUT2D eigenvalue weighted by Gasteiger charge is 2.21. The van der Waals surface area contributed by atoms with Crippen LogP contribution in [0.15, 0.2) is 5.16 Å². The lowest BCUT2D eigenvalue weighted by Crippen LogP contribution is -2.46. The molecule has 0 saturated heterocycles. The number of amidine groups is 1. The number of amides is 1. The maximum atomic E-state index is 11.6. The number of carbonyl (C=O) groups is 1. The molecule has 0 radical (unpaired) electrons. The first-order valence-electron chi connectivity index (χ1n) is 5.67. The van der Waals surface area contributed by atoms with Crippen LogP contribution in [0, 0.1) is 0 Å². The standard InChI is InChI=1S/C9H20N4O5S/c1-4-7(5-8(10)11-15)12-19(16,17)13-9(14)18-6(2)3/h6-7,12,15H,4-5H2,1-3H3,(H2,10,11)(H,13,14). The first-order chi connectivity index (χ1) is 8.70. The maximum absolute atomic E-state index is 11.6. The van der Waals surface area contributed by atoms with Crippen molar-refractivity contribution in [1.29, 1.82) is 0 Å². The molecule has 0 aromatic heterocycles. The minimum absolute atomic E-state index is 0.0210. The van der Waals surface area contributed by atoms with E-state index in [2.05, 4.69) is 14.6 Å². The molecular weight excluding hydrogens is 276 g/mol. The summed E-state index contributed by atoms with van der Waals surface area (Å²) in [6.07, 6.45) is -1.08. The molecule has 19 heavy (non-hydrogen) atoms. The zero-order valence-electron chi connectivity index (χ0n) is 11.1. The average Bonchev–Trinajstić information content (AvgIpc) is 2.25. The Morgan fingerprint density at radius 2 is 2.05 bits per heavy atom. The minimum atomic E-state index is -4.06. The van der Waals surface area contributed by atoms with Crippen LogP contribution < -0.4 is 15.2 Å². The molecule has 0 fully saturated rings. The van der Waals surface area contributed by atoms with Crippen molar-refractivity contribution in [3.8, 4) is 0 Å². The van der Waals surface area contributed by atoms with Crippen LogP contribution in [-0.2, 0) is 14.9 Å². The lowest BCUT2D eigenvalue weighted by Gasteiger charge is -2.17. The van der Waals surface area contributed by atoms with Crippen molar-refractivity contribution in [3.63, 3.8) is 0 Å². The molecule has 10 heteroatoms. The number of nitrogens with two attached hydrogens (primary N) is 1. The van der Waals surface area contributed by atoms with E-state index < -0.39 is 28.4 Å². The normalized spacial score (nSPS) is 14.2. The van der Waals surface area contributed by atoms with Crippen molar-refractivity contribution in [1.82, 2.24) is 9.44 Å². The molecule has 1 unspecified atom stereocenters. The summed E-state index contributed by atoms with van der Waals surface area (Å²) in [5, 5.41) is 11.2. The number of ether oxygens (including phenoxy) is 1. The largest absolute Gasteiger partial charge is 0.446 e. The van der Waals surface area contributed by atoms with Crippen LogP contribution >= 0.6 is 0 Å². The van der Waals surface area contributed by atoms with Crippen LogP contribution in [-0.4, -0.2) is 37.7 Å². The van der Waals surface area contributed by atoms with E-state index in [9.17, 15) is 13.2 Å². The van der Waals surface area contributed by atoms with Gasteiger partial charge in [0.2, 0.25) is 0 Å². The Morgan fingerprint density at radius 1 is 1.47 bits per heavy atom. The van der Waals surface area contributed by atoms with Crippen molar-refractivity contribution in [2.45, 2.75) is 45.8 Å². The fraction of sp³-hybridized carbons (Fsp3) is 0.778. The van der Waals surface area contributed by atoms with Gasteiger partial charge in [-0.1, -0.05) is 12.1 Å². The van der Waals surface area contributed by atoms with Gasteiger partial charge in [-0.15, -0.1) is 0 Å². The molecule has 0 saturated carbocycles. The highest BCUT2D eigenvalue weighted by atomic mass is 32.2. The second-order valence-electron chi connectivity index (χ2n) is 4.08. The van der Waals surface area contributed by atoms with Crippen molar-refractivity contribution >= 4 is 22.1 Å². The number of hydrogen-bond acceptors (Lipinski definition) is 6. The summed E-state index contributed by atoms with van der Waals surface area (Å²) in [4.78, 5) is 11.2. The molecule has 0 aliphatic carbocycles. The lowest BCUT2D eigenvalue weighted by molar-refractivity contribution is 0.121. The number of nitrogens with zero attached hydrogens (tertiary/aromatic N) is 1. The summed E-state index contributed by atoms with van der Waals surface area (Å²) < 4.78 is 31.7. The monoisotopic (exact) mass is 296 g/mol. The van der Waals surface area contributed by atoms with E-state index >= 15 is 0 Å². The van der Waals surface area contributed by atoms with Crippen molar-refractivity contribution in [2.24, 2.45) is 10.9 Å². The first-order valence-corrected chi connectivity index (χ1v) is 7.15. The highest BCUT2D eigenvalue weighted by molar-refractivity contribution is 7.88. The van der Waals surface area contributed by atoms with Crippen LogP contribution in [0.5, 0.6) is 0 Å². The molecule has 0 bridgehead atoms. The summed E-state index contributed by atoms with van der Waals surface area (Å²) in [6, 6.07) is -0.597. The van der Waals surface area contributed by atoms with Gasteiger partial charge in [-0.2, -0.15) is 13.1 Å². The molecule has 0 aromatic carbocycles. The Bertz CT molecular complexity index is 420. The zero-order valence-corrected chi connectivity index (χ0v) is 11.9. The van der Waals surface area contributed by atoms with Gasteiger partial charge in [-0.25, -0.2) is 9.52 Å². The summed E-state index contributed by atoms with van der Waals surface area (Å²) in [5.41, 5.74) is 5.29. The molecule has 1 atom stereocenters. The van der Waals surface area contributed by atoms with Gasteiger partial charge in [0.1, 0.15) is 5.84 Å². The van der Waals surface area contributed by atoms with Gasteiger partial charge >= 0.3 is 16.3 Å². The van der Waals surface area contributed by atoms with Crippen LogP contribution in [0.25, 0.3) is 0 Å². The van der Waals surface area contributed by atoms with E-state index in [1.54, 1.807) is 25.5 Å². The summed E-state index contributed by atoms with van der Waals surface area (Å²) >= 11 is 0. The number of hydrogen-bond donors (Lipinski definition) is 4. The Balaban J connectivity index is 4.53. The molecule has 0 aromatic rings. The van der Waals surface area contributed by atoms with E-state index in [4.69, 9.17) is 10.9 Å². The maximum Gasteiger partial charge on any atom is 0.422 e. The third kappa shape index (κ3) is 8.21. The second kappa shape index (κ2) is 7.79. The lowest BCUT2D eigenvalue weighted by atomic mass is 10.1. The number of oxime groups is 1. The molecule has 5 N–H and O–H groups in total. The van der Waals surface area contributed by atoms with Crippen molar-refractivity contribution in [2.75, 3.05) is 0 Å². The van der Waals surface area contributed by atoms with Crippen LogP contribution in [0.1, 0.15) is 33.6 Å². The number of carbonyl (C=O) groups excluding carboxylic acids is 1. The molecular formula is C9H20N4O5S. The molecule has 0 rings (SSSR count). The number of nitrogens with one attached hydrogen (secondary N) is 2. The van der Waals surface area contributed by atoms with Gasteiger partial charge in [-0.05, 0) is 20.3 Å². The molecule has 0 aliphatic rings. The quantitative estimate of drug-likeness (QED) is 0.223. The van der Waals surface area contributed by atoms with E-state index in [1.807, 2.05) is 0 Å². The fourth-order valence-corrected chi connectivity index (χ4v) is 2.17. The molecule has 0 aliphatic heterocycles. The smallest absolute Gasteiger partial charge is 0.422 e. The zero-order chi connectivity index (χ0) is 15.1. The van der Waals surface area contributed by atoms with Gasteiger partial charge in [0.25, 0.3) is 0 Å². The van der Waals surface area contributed by atoms with E-state index in [0.717, 1.165) is 0 Å². The van der Waals surface area contributed by atoms with Crippen LogP contribution in [0.4, 0.5) is 4.79 Å². The Labute approximate surface area is 112 Å². The first kappa shape index (κ1) is 17.4. The third-order valence-corrected chi connectivity index (χ3v) is 3.04. The summed E-state index contributed by atoms with van der Waals surface area (Å²) in [7, 11) is -4.06. The van der Waals surface area contributed by atoms with Gasteiger partial charge in [0, 0.05) is 12.5 Å². The van der Waals surface area contributed by atoms with Gasteiger partial charge in [0.15, 0.2) is 0 Å². The van der Waals surface area contributed by atoms with E-state index in [0.29, 0.717) is 6.42 Å². The topological polar surface area (TPSA) is 143 Å². The van der Waals surface area contributed by atoms with Gasteiger partial charge in [0.05, 0.1) is 6.10 Å². The molecule has 9 nitrogen and oxygen atoms in total. The van der Waals surface area contributed by atoms with Gasteiger partial charge < -0.3 is 15.7 Å². The summed E-state index contributed by atoms with van der Waals surface area (Å²) in [6.45, 7) is 4.89. The fourth-order valence-electron chi connectivity index (χ4n) is 1.16. The van der Waals surface area contributed by atoms with Crippen LogP contribution in [0.2, 0.25) is 0 Å². The predicted molar refractivity (Wildman–Crippen MR) is 68.9 cm³/mol. The van der Waals surface area contributed by atoms with E-state index in [-0.39, 0.29) is 12.3 Å². The van der Waals surface area contributed by atoms with Gasteiger partial charge in [-0.3, -0.25) is 0 Å². The Morgan fingerprint density at radius 3 is 2.47 bits per heavy atom. The van der Waals surface area contributed by atoms with Crippen molar-refractivity contribution < 1.29 is 23.2 Å². The minimum Gasteiger partial charge on any atom is -0.446 e. The van der Waals surface area contributed by atoms with Crippen molar-refractivity contribution in [3.05, 3.63) is 0 Å².